The standard InChI is InChI=1S/C18H30N2/c1-13-6-7-16(14(2)10-13)17(19)12-20-9-8-15(11-20)18(3,4)5/h6-7,10,15,17H,8-9,11-12,19H2,1-5H3. The first-order chi connectivity index (χ1) is 9.27. The summed E-state index contributed by atoms with van der Waals surface area (Å²) in [6.07, 6.45) is 1.31. The monoisotopic (exact) mass is 274 g/mol. The van der Waals surface area contributed by atoms with Crippen LogP contribution in [0, 0.1) is 25.2 Å². The summed E-state index contributed by atoms with van der Waals surface area (Å²) in [5.74, 6) is 0.800. The Morgan fingerprint density at radius 3 is 2.55 bits per heavy atom. The Morgan fingerprint density at radius 2 is 2.00 bits per heavy atom. The molecule has 1 aromatic rings. The van der Waals surface area contributed by atoms with E-state index in [1.807, 2.05) is 0 Å². The Kier molecular flexibility index (Phi) is 4.55. The van der Waals surface area contributed by atoms with Crippen molar-refractivity contribution < 1.29 is 0 Å². The van der Waals surface area contributed by atoms with Crippen molar-refractivity contribution in [3.05, 3.63) is 34.9 Å². The summed E-state index contributed by atoms with van der Waals surface area (Å²) in [7, 11) is 0. The zero-order chi connectivity index (χ0) is 14.9. The molecule has 1 aliphatic rings. The van der Waals surface area contributed by atoms with E-state index in [2.05, 4.69) is 57.7 Å². The minimum Gasteiger partial charge on any atom is -0.323 e. The van der Waals surface area contributed by atoms with Crippen molar-refractivity contribution in [2.45, 2.75) is 47.1 Å². The molecule has 1 heterocycles. The van der Waals surface area contributed by atoms with Gasteiger partial charge in [0.05, 0.1) is 0 Å². The summed E-state index contributed by atoms with van der Waals surface area (Å²) >= 11 is 0. The summed E-state index contributed by atoms with van der Waals surface area (Å²) in [4.78, 5) is 2.54. The fraction of sp³-hybridized carbons (Fsp3) is 0.667. The third kappa shape index (κ3) is 3.62. The summed E-state index contributed by atoms with van der Waals surface area (Å²) in [5, 5.41) is 0. The molecule has 20 heavy (non-hydrogen) atoms. The van der Waals surface area contributed by atoms with E-state index in [1.54, 1.807) is 0 Å². The molecule has 1 saturated heterocycles. The summed E-state index contributed by atoms with van der Waals surface area (Å²) in [5.41, 5.74) is 10.8. The molecule has 1 aromatic carbocycles. The SMILES string of the molecule is Cc1ccc(C(N)CN2CCC(C(C)(C)C)C2)c(C)c1. The lowest BCUT2D eigenvalue weighted by Gasteiger charge is -2.28. The lowest BCUT2D eigenvalue weighted by atomic mass is 9.80. The minimum absolute atomic E-state index is 0.134. The highest BCUT2D eigenvalue weighted by atomic mass is 15.2. The number of hydrogen-bond donors (Lipinski definition) is 1. The van der Waals surface area contributed by atoms with Crippen molar-refractivity contribution in [3.63, 3.8) is 0 Å². The molecule has 2 nitrogen and oxygen atoms in total. The van der Waals surface area contributed by atoms with Gasteiger partial charge in [0, 0.05) is 19.1 Å². The van der Waals surface area contributed by atoms with Crippen molar-refractivity contribution in [2.24, 2.45) is 17.1 Å². The van der Waals surface area contributed by atoms with Crippen LogP contribution in [-0.4, -0.2) is 24.5 Å². The minimum atomic E-state index is 0.134. The number of nitrogens with two attached hydrogens (primary N) is 1. The van der Waals surface area contributed by atoms with Crippen LogP contribution >= 0.6 is 0 Å². The first-order valence-electron chi connectivity index (χ1n) is 7.82. The predicted octanol–water partition coefficient (Wildman–Crippen LogP) is 3.67. The molecule has 112 valence electrons. The maximum Gasteiger partial charge on any atom is 0.0426 e. The zero-order valence-corrected chi connectivity index (χ0v) is 13.7. The summed E-state index contributed by atoms with van der Waals surface area (Å²) in [6, 6.07) is 6.74. The third-order valence-electron chi connectivity index (χ3n) is 4.78. The second-order valence-corrected chi connectivity index (χ2v) is 7.58. The molecule has 2 rings (SSSR count). The molecule has 1 fully saturated rings. The van der Waals surface area contributed by atoms with Crippen LogP contribution in [0.1, 0.15) is 49.9 Å². The van der Waals surface area contributed by atoms with Gasteiger partial charge in [0.15, 0.2) is 0 Å². The maximum atomic E-state index is 6.44. The molecule has 2 N–H and O–H groups in total. The smallest absolute Gasteiger partial charge is 0.0426 e. The van der Waals surface area contributed by atoms with Crippen LogP contribution in [0.15, 0.2) is 18.2 Å². The maximum absolute atomic E-state index is 6.44. The third-order valence-corrected chi connectivity index (χ3v) is 4.78. The van der Waals surface area contributed by atoms with E-state index < -0.39 is 0 Å². The van der Waals surface area contributed by atoms with E-state index in [-0.39, 0.29) is 6.04 Å². The molecule has 2 unspecified atom stereocenters. The summed E-state index contributed by atoms with van der Waals surface area (Å²) in [6.45, 7) is 14.7. The van der Waals surface area contributed by atoms with Gasteiger partial charge in [-0.05, 0) is 49.3 Å². The first kappa shape index (κ1) is 15.5. The van der Waals surface area contributed by atoms with Gasteiger partial charge in [-0.2, -0.15) is 0 Å². The molecule has 0 saturated carbocycles. The molecule has 2 atom stereocenters. The Balaban J connectivity index is 1.97. The number of rotatable bonds is 3. The molecular formula is C18H30N2. The fourth-order valence-electron chi connectivity index (χ4n) is 3.32. The number of benzene rings is 1. The highest BCUT2D eigenvalue weighted by molar-refractivity contribution is 5.32. The van der Waals surface area contributed by atoms with E-state index >= 15 is 0 Å². The van der Waals surface area contributed by atoms with Crippen LogP contribution in [-0.2, 0) is 0 Å². The zero-order valence-electron chi connectivity index (χ0n) is 13.7. The Labute approximate surface area is 124 Å². The van der Waals surface area contributed by atoms with Gasteiger partial charge in [-0.3, -0.25) is 0 Å². The van der Waals surface area contributed by atoms with E-state index in [9.17, 15) is 0 Å². The Hall–Kier alpha value is -0.860. The van der Waals surface area contributed by atoms with E-state index in [4.69, 9.17) is 5.73 Å². The van der Waals surface area contributed by atoms with Crippen molar-refractivity contribution in [1.29, 1.82) is 0 Å². The van der Waals surface area contributed by atoms with Crippen LogP contribution in [0.4, 0.5) is 0 Å². The number of likely N-dealkylation sites (tertiary alicyclic amines) is 1. The largest absolute Gasteiger partial charge is 0.323 e. The van der Waals surface area contributed by atoms with Crippen LogP contribution in [0.2, 0.25) is 0 Å². The normalized spacial score (nSPS) is 22.2. The second kappa shape index (κ2) is 5.87. The van der Waals surface area contributed by atoms with E-state index in [0.29, 0.717) is 5.41 Å². The molecule has 0 radical (unpaired) electrons. The van der Waals surface area contributed by atoms with Gasteiger partial charge < -0.3 is 10.6 Å². The van der Waals surface area contributed by atoms with E-state index in [1.165, 1.54) is 36.2 Å². The highest BCUT2D eigenvalue weighted by Crippen LogP contribution is 2.34. The van der Waals surface area contributed by atoms with Gasteiger partial charge in [-0.1, -0.05) is 44.5 Å². The molecule has 0 aromatic heterocycles. The van der Waals surface area contributed by atoms with Gasteiger partial charge in [0.25, 0.3) is 0 Å². The number of aryl methyl sites for hydroxylation is 2. The Morgan fingerprint density at radius 1 is 1.30 bits per heavy atom. The van der Waals surface area contributed by atoms with Crippen molar-refractivity contribution in [2.75, 3.05) is 19.6 Å². The average molecular weight is 274 g/mol. The highest BCUT2D eigenvalue weighted by Gasteiger charge is 2.32. The van der Waals surface area contributed by atoms with Crippen molar-refractivity contribution >= 4 is 0 Å². The van der Waals surface area contributed by atoms with Crippen LogP contribution < -0.4 is 5.73 Å². The molecule has 1 aliphatic heterocycles. The van der Waals surface area contributed by atoms with Gasteiger partial charge in [0.1, 0.15) is 0 Å². The summed E-state index contributed by atoms with van der Waals surface area (Å²) < 4.78 is 0. The van der Waals surface area contributed by atoms with Gasteiger partial charge in [-0.25, -0.2) is 0 Å². The fourth-order valence-corrected chi connectivity index (χ4v) is 3.32. The molecule has 0 amide bonds. The molecule has 0 spiro atoms. The lowest BCUT2D eigenvalue weighted by Crippen LogP contribution is -2.32. The molecule has 0 aliphatic carbocycles. The number of hydrogen-bond acceptors (Lipinski definition) is 2. The molecular weight excluding hydrogens is 244 g/mol. The van der Waals surface area contributed by atoms with E-state index in [0.717, 1.165) is 12.5 Å². The van der Waals surface area contributed by atoms with Crippen molar-refractivity contribution in [1.82, 2.24) is 4.90 Å². The first-order valence-corrected chi connectivity index (χ1v) is 7.82. The van der Waals surface area contributed by atoms with Crippen LogP contribution in [0.3, 0.4) is 0 Å². The van der Waals surface area contributed by atoms with Crippen molar-refractivity contribution in [3.8, 4) is 0 Å². The van der Waals surface area contributed by atoms with Gasteiger partial charge in [-0.15, -0.1) is 0 Å². The van der Waals surface area contributed by atoms with Gasteiger partial charge >= 0.3 is 0 Å². The molecule has 2 heteroatoms. The topological polar surface area (TPSA) is 29.3 Å². The average Bonchev–Trinajstić information content (AvgIpc) is 2.76. The lowest BCUT2D eigenvalue weighted by molar-refractivity contribution is 0.224. The molecule has 0 bridgehead atoms. The number of nitrogens with zero attached hydrogens (tertiary/aromatic N) is 1. The predicted molar refractivity (Wildman–Crippen MR) is 86.8 cm³/mol. The second-order valence-electron chi connectivity index (χ2n) is 7.58. The van der Waals surface area contributed by atoms with Crippen LogP contribution in [0.5, 0.6) is 0 Å². The quantitative estimate of drug-likeness (QED) is 0.911. The van der Waals surface area contributed by atoms with Gasteiger partial charge in [0.2, 0.25) is 0 Å². The Bertz CT molecular complexity index is 459. The van der Waals surface area contributed by atoms with Crippen LogP contribution in [0.25, 0.3) is 0 Å².